The third-order valence-electron chi connectivity index (χ3n) is 3.57. The highest BCUT2D eigenvalue weighted by Crippen LogP contribution is 2.36. The summed E-state index contributed by atoms with van der Waals surface area (Å²) in [5, 5.41) is 0.645. The summed E-state index contributed by atoms with van der Waals surface area (Å²) < 4.78 is 1.06. The first-order valence-corrected chi connectivity index (χ1v) is 8.25. The lowest BCUT2D eigenvalue weighted by molar-refractivity contribution is 0.569. The fraction of sp³-hybridized carbons (Fsp3) is 0.714. The Bertz CT molecular complexity index is 415. The molecule has 1 aliphatic rings. The Labute approximate surface area is 128 Å². The Hall–Kier alpha value is 0.1000. The van der Waals surface area contributed by atoms with Crippen LogP contribution in [0, 0.1) is 9.49 Å². The van der Waals surface area contributed by atoms with Crippen molar-refractivity contribution in [3.8, 4) is 0 Å². The highest BCUT2D eigenvalue weighted by atomic mass is 127. The zero-order chi connectivity index (χ0) is 13.1. The van der Waals surface area contributed by atoms with Crippen LogP contribution in [0.2, 0.25) is 5.15 Å². The maximum absolute atomic E-state index is 6.25. The van der Waals surface area contributed by atoms with Crippen LogP contribution in [0.25, 0.3) is 0 Å². The van der Waals surface area contributed by atoms with E-state index in [1.54, 1.807) is 0 Å². The fourth-order valence-electron chi connectivity index (χ4n) is 2.48. The molecule has 0 unspecified atom stereocenters. The smallest absolute Gasteiger partial charge is 0.146 e. The Morgan fingerprint density at radius 1 is 1.28 bits per heavy atom. The Balaban J connectivity index is 2.21. The van der Waals surface area contributed by atoms with Crippen molar-refractivity contribution in [1.82, 2.24) is 9.97 Å². The molecule has 1 heterocycles. The van der Waals surface area contributed by atoms with Gasteiger partial charge in [0.05, 0.1) is 9.26 Å². The minimum atomic E-state index is 0.607. The summed E-state index contributed by atoms with van der Waals surface area (Å²) in [5.74, 6) is 2.22. The molecular weight excluding hydrogens is 359 g/mol. The van der Waals surface area contributed by atoms with E-state index in [1.165, 1.54) is 31.4 Å². The molecule has 0 radical (unpaired) electrons. The highest BCUT2D eigenvalue weighted by molar-refractivity contribution is 14.1. The van der Waals surface area contributed by atoms with Gasteiger partial charge in [0.25, 0.3) is 0 Å². The van der Waals surface area contributed by atoms with Gasteiger partial charge in [-0.05, 0) is 47.8 Å². The standard InChI is InChI=1S/C14H20ClIN2/c1-9(2)7-8-11-17-13(10-5-3-4-6-10)12(16)14(15)18-11/h9-10H,3-8H2,1-2H3. The van der Waals surface area contributed by atoms with Gasteiger partial charge in [-0.1, -0.05) is 38.3 Å². The van der Waals surface area contributed by atoms with Crippen LogP contribution in [-0.4, -0.2) is 9.97 Å². The average molecular weight is 379 g/mol. The van der Waals surface area contributed by atoms with Crippen molar-refractivity contribution >= 4 is 34.2 Å². The van der Waals surface area contributed by atoms with Crippen LogP contribution in [0.3, 0.4) is 0 Å². The number of aromatic nitrogens is 2. The van der Waals surface area contributed by atoms with E-state index < -0.39 is 0 Å². The van der Waals surface area contributed by atoms with Crippen molar-refractivity contribution in [3.63, 3.8) is 0 Å². The summed E-state index contributed by atoms with van der Waals surface area (Å²) in [4.78, 5) is 9.21. The Morgan fingerprint density at radius 3 is 2.56 bits per heavy atom. The van der Waals surface area contributed by atoms with Crippen LogP contribution in [0.5, 0.6) is 0 Å². The monoisotopic (exact) mass is 378 g/mol. The first-order chi connectivity index (χ1) is 8.58. The fourth-order valence-corrected chi connectivity index (χ4v) is 3.36. The summed E-state index contributed by atoms with van der Waals surface area (Å²) in [6.07, 6.45) is 7.22. The van der Waals surface area contributed by atoms with E-state index in [-0.39, 0.29) is 0 Å². The second-order valence-corrected chi connectivity index (χ2v) is 6.98. The zero-order valence-corrected chi connectivity index (χ0v) is 14.0. The van der Waals surface area contributed by atoms with Crippen LogP contribution in [0.4, 0.5) is 0 Å². The molecule has 1 aliphatic carbocycles. The number of halogens is 2. The molecule has 2 rings (SSSR count). The van der Waals surface area contributed by atoms with E-state index in [9.17, 15) is 0 Å². The second-order valence-electron chi connectivity index (χ2n) is 5.54. The van der Waals surface area contributed by atoms with E-state index in [1.807, 2.05) is 0 Å². The van der Waals surface area contributed by atoms with E-state index in [4.69, 9.17) is 16.6 Å². The topological polar surface area (TPSA) is 25.8 Å². The normalized spacial score (nSPS) is 16.7. The van der Waals surface area contributed by atoms with Gasteiger partial charge in [-0.3, -0.25) is 0 Å². The lowest BCUT2D eigenvalue weighted by atomic mass is 10.0. The maximum atomic E-state index is 6.25. The number of hydrogen-bond acceptors (Lipinski definition) is 2. The van der Waals surface area contributed by atoms with Gasteiger partial charge < -0.3 is 0 Å². The molecule has 2 nitrogen and oxygen atoms in total. The second kappa shape index (κ2) is 6.51. The van der Waals surface area contributed by atoms with Crippen molar-refractivity contribution in [1.29, 1.82) is 0 Å². The van der Waals surface area contributed by atoms with Crippen LogP contribution < -0.4 is 0 Å². The molecule has 4 heteroatoms. The Kier molecular flexibility index (Phi) is 5.24. The van der Waals surface area contributed by atoms with Crippen molar-refractivity contribution in [2.45, 2.75) is 58.3 Å². The molecule has 1 aromatic rings. The minimum absolute atomic E-state index is 0.607. The maximum Gasteiger partial charge on any atom is 0.146 e. The van der Waals surface area contributed by atoms with Gasteiger partial charge in [0.2, 0.25) is 0 Å². The summed E-state index contributed by atoms with van der Waals surface area (Å²) in [6, 6.07) is 0. The number of aryl methyl sites for hydroxylation is 1. The van der Waals surface area contributed by atoms with Crippen LogP contribution in [0.1, 0.15) is 63.4 Å². The molecule has 0 aliphatic heterocycles. The predicted octanol–water partition coefficient (Wildman–Crippen LogP) is 4.98. The van der Waals surface area contributed by atoms with Gasteiger partial charge >= 0.3 is 0 Å². The van der Waals surface area contributed by atoms with Gasteiger partial charge in [-0.2, -0.15) is 0 Å². The number of nitrogens with zero attached hydrogens (tertiary/aromatic N) is 2. The van der Waals surface area contributed by atoms with Crippen LogP contribution >= 0.6 is 34.2 Å². The van der Waals surface area contributed by atoms with Crippen molar-refractivity contribution < 1.29 is 0 Å². The van der Waals surface area contributed by atoms with Crippen LogP contribution in [0.15, 0.2) is 0 Å². The molecule has 0 saturated heterocycles. The number of hydrogen-bond donors (Lipinski definition) is 0. The lowest BCUT2D eigenvalue weighted by Gasteiger charge is -2.13. The van der Waals surface area contributed by atoms with Crippen LogP contribution in [-0.2, 0) is 6.42 Å². The van der Waals surface area contributed by atoms with E-state index in [2.05, 4.69) is 41.4 Å². The van der Waals surface area contributed by atoms with Gasteiger partial charge in [0.1, 0.15) is 11.0 Å². The van der Waals surface area contributed by atoms with Crippen molar-refractivity contribution in [3.05, 3.63) is 20.2 Å². The first-order valence-electron chi connectivity index (χ1n) is 6.79. The molecule has 0 bridgehead atoms. The van der Waals surface area contributed by atoms with Gasteiger partial charge in [0.15, 0.2) is 0 Å². The summed E-state index contributed by atoms with van der Waals surface area (Å²) in [6.45, 7) is 4.46. The quantitative estimate of drug-likeness (QED) is 0.545. The highest BCUT2D eigenvalue weighted by Gasteiger charge is 2.23. The van der Waals surface area contributed by atoms with E-state index >= 15 is 0 Å². The van der Waals surface area contributed by atoms with Gasteiger partial charge in [0, 0.05) is 12.3 Å². The molecule has 18 heavy (non-hydrogen) atoms. The van der Waals surface area contributed by atoms with Gasteiger partial charge in [-0.15, -0.1) is 0 Å². The molecule has 0 aromatic carbocycles. The third kappa shape index (κ3) is 3.56. The molecule has 1 aromatic heterocycles. The first kappa shape index (κ1) is 14.5. The molecule has 0 atom stereocenters. The summed E-state index contributed by atoms with van der Waals surface area (Å²) in [7, 11) is 0. The molecule has 0 spiro atoms. The van der Waals surface area contributed by atoms with Crippen molar-refractivity contribution in [2.24, 2.45) is 5.92 Å². The van der Waals surface area contributed by atoms with Gasteiger partial charge in [-0.25, -0.2) is 9.97 Å². The third-order valence-corrected chi connectivity index (χ3v) is 5.23. The average Bonchev–Trinajstić information content (AvgIpc) is 2.84. The molecule has 1 fully saturated rings. The number of rotatable bonds is 4. The molecule has 0 N–H and O–H groups in total. The SMILES string of the molecule is CC(C)CCc1nc(Cl)c(I)c(C2CCCC2)n1. The Morgan fingerprint density at radius 2 is 1.94 bits per heavy atom. The predicted molar refractivity (Wildman–Crippen MR) is 84.1 cm³/mol. The lowest BCUT2D eigenvalue weighted by Crippen LogP contribution is -2.07. The molecule has 0 amide bonds. The summed E-state index contributed by atoms with van der Waals surface area (Å²) >= 11 is 8.55. The molecular formula is C14H20ClIN2. The molecule has 1 saturated carbocycles. The molecule has 100 valence electrons. The van der Waals surface area contributed by atoms with E-state index in [0.29, 0.717) is 17.0 Å². The summed E-state index contributed by atoms with van der Waals surface area (Å²) in [5.41, 5.74) is 1.20. The zero-order valence-electron chi connectivity index (χ0n) is 11.0. The van der Waals surface area contributed by atoms with Crippen molar-refractivity contribution in [2.75, 3.05) is 0 Å². The minimum Gasteiger partial charge on any atom is -0.236 e. The largest absolute Gasteiger partial charge is 0.236 e. The van der Waals surface area contributed by atoms with E-state index in [0.717, 1.165) is 22.2 Å².